The van der Waals surface area contributed by atoms with Gasteiger partial charge in [-0.25, -0.2) is 4.98 Å². The molecule has 3 heterocycles. The quantitative estimate of drug-likeness (QED) is 0.554. The lowest BCUT2D eigenvalue weighted by Crippen LogP contribution is -2.25. The number of thiazole rings is 1. The van der Waals surface area contributed by atoms with Crippen molar-refractivity contribution >= 4 is 38.7 Å². The number of ether oxygens (including phenoxy) is 1. The van der Waals surface area contributed by atoms with Gasteiger partial charge in [0.1, 0.15) is 16.3 Å². The van der Waals surface area contributed by atoms with Gasteiger partial charge in [0.25, 0.3) is 11.5 Å². The lowest BCUT2D eigenvalue weighted by Gasteiger charge is -2.01. The second-order valence-electron chi connectivity index (χ2n) is 5.51. The molecule has 3 aromatic heterocycles. The van der Waals surface area contributed by atoms with Crippen molar-refractivity contribution in [3.63, 3.8) is 0 Å². The number of nitrogens with one attached hydrogen (secondary N) is 1. The highest BCUT2D eigenvalue weighted by molar-refractivity contribution is 7.15. The Bertz CT molecular complexity index is 1160. The Hall–Kier alpha value is -3.11. The maximum atomic E-state index is 12.4. The van der Waals surface area contributed by atoms with Crippen molar-refractivity contribution in [2.24, 2.45) is 0 Å². The Kier molecular flexibility index (Phi) is 4.65. The zero-order chi connectivity index (χ0) is 18.8. The Morgan fingerprint density at radius 2 is 2.07 bits per heavy atom. The average Bonchev–Trinajstić information content (AvgIpc) is 3.32. The van der Waals surface area contributed by atoms with Crippen LogP contribution in [0, 0.1) is 0 Å². The number of methoxy groups -OCH3 is 1. The number of carbonyl (C=O) groups is 1. The molecule has 1 aromatic carbocycles. The van der Waals surface area contributed by atoms with Gasteiger partial charge >= 0.3 is 0 Å². The molecule has 10 heteroatoms. The lowest BCUT2D eigenvalue weighted by atomic mass is 10.1. The fourth-order valence-corrected chi connectivity index (χ4v) is 3.88. The van der Waals surface area contributed by atoms with E-state index in [0.29, 0.717) is 16.5 Å². The molecular weight excluding hydrogens is 386 g/mol. The molecule has 136 valence electrons. The van der Waals surface area contributed by atoms with Crippen LogP contribution in [0.25, 0.3) is 4.96 Å². The van der Waals surface area contributed by atoms with Crippen molar-refractivity contribution in [2.75, 3.05) is 12.4 Å². The van der Waals surface area contributed by atoms with Crippen LogP contribution in [0.4, 0.5) is 5.13 Å². The molecule has 1 N–H and O–H groups in total. The maximum absolute atomic E-state index is 12.4. The van der Waals surface area contributed by atoms with Crippen molar-refractivity contribution in [1.29, 1.82) is 0 Å². The standard InChI is InChI=1S/C17H13N5O3S2/c1-25-11-4-2-10(3-5-11)8-13-20-21-16(27-13)19-14(23)12-9-18-17-22(15(12)24)6-7-26-17/h2-7,9H,8H2,1H3,(H,19,21,23). The molecule has 0 bridgehead atoms. The van der Waals surface area contributed by atoms with Gasteiger partial charge in [-0.3, -0.25) is 19.3 Å². The summed E-state index contributed by atoms with van der Waals surface area (Å²) in [5.41, 5.74) is 0.592. The van der Waals surface area contributed by atoms with Crippen LogP contribution < -0.4 is 15.6 Å². The molecule has 0 aliphatic carbocycles. The summed E-state index contributed by atoms with van der Waals surface area (Å²) in [5, 5.41) is 13.5. The normalized spacial score (nSPS) is 10.9. The third kappa shape index (κ3) is 3.57. The van der Waals surface area contributed by atoms with Crippen LogP contribution in [0.2, 0.25) is 0 Å². The van der Waals surface area contributed by atoms with Gasteiger partial charge in [-0.15, -0.1) is 21.5 Å². The molecule has 1 amide bonds. The molecule has 0 aliphatic rings. The van der Waals surface area contributed by atoms with Gasteiger partial charge in [-0.05, 0) is 17.7 Å². The third-order valence-corrected chi connectivity index (χ3v) is 5.40. The van der Waals surface area contributed by atoms with Crippen LogP contribution in [0.5, 0.6) is 5.75 Å². The maximum Gasteiger partial charge on any atom is 0.271 e. The second kappa shape index (κ2) is 7.25. The molecule has 4 rings (SSSR count). The van der Waals surface area contributed by atoms with Crippen molar-refractivity contribution in [2.45, 2.75) is 6.42 Å². The fraction of sp³-hybridized carbons (Fsp3) is 0.118. The number of amides is 1. The summed E-state index contributed by atoms with van der Waals surface area (Å²) in [7, 11) is 1.62. The van der Waals surface area contributed by atoms with Crippen LogP contribution in [0.1, 0.15) is 20.9 Å². The predicted molar refractivity (Wildman–Crippen MR) is 103 cm³/mol. The molecule has 0 atom stereocenters. The molecule has 8 nitrogen and oxygen atoms in total. The van der Waals surface area contributed by atoms with Gasteiger partial charge < -0.3 is 4.74 Å². The molecule has 0 spiro atoms. The Morgan fingerprint density at radius 3 is 2.85 bits per heavy atom. The minimum Gasteiger partial charge on any atom is -0.497 e. The van der Waals surface area contributed by atoms with E-state index in [9.17, 15) is 9.59 Å². The van der Waals surface area contributed by atoms with E-state index < -0.39 is 11.5 Å². The van der Waals surface area contributed by atoms with Gasteiger partial charge in [0.2, 0.25) is 5.13 Å². The Balaban J connectivity index is 1.48. The van der Waals surface area contributed by atoms with Gasteiger partial charge in [0, 0.05) is 24.2 Å². The SMILES string of the molecule is COc1ccc(Cc2nnc(NC(=O)c3cnc4sccn4c3=O)s2)cc1. The van der Waals surface area contributed by atoms with E-state index in [1.807, 2.05) is 24.3 Å². The van der Waals surface area contributed by atoms with Crippen LogP contribution in [-0.4, -0.2) is 32.6 Å². The first-order chi connectivity index (χ1) is 13.1. The van der Waals surface area contributed by atoms with Gasteiger partial charge in [0.05, 0.1) is 7.11 Å². The zero-order valence-electron chi connectivity index (χ0n) is 14.1. The molecule has 4 aromatic rings. The first-order valence-electron chi connectivity index (χ1n) is 7.85. The molecule has 0 fully saturated rings. The average molecular weight is 399 g/mol. The third-order valence-electron chi connectivity index (χ3n) is 3.79. The summed E-state index contributed by atoms with van der Waals surface area (Å²) in [5.74, 6) is 0.228. The first kappa shape index (κ1) is 17.3. The van der Waals surface area contributed by atoms with Crippen molar-refractivity contribution < 1.29 is 9.53 Å². The number of nitrogens with zero attached hydrogens (tertiary/aromatic N) is 4. The summed E-state index contributed by atoms with van der Waals surface area (Å²) in [6.45, 7) is 0. The number of hydrogen-bond donors (Lipinski definition) is 1. The van der Waals surface area contributed by atoms with Crippen molar-refractivity contribution in [3.05, 3.63) is 68.5 Å². The Labute approximate surface area is 161 Å². The van der Waals surface area contributed by atoms with E-state index in [4.69, 9.17) is 4.74 Å². The summed E-state index contributed by atoms with van der Waals surface area (Å²) in [6, 6.07) is 7.64. The van der Waals surface area contributed by atoms with Gasteiger partial charge in [0.15, 0.2) is 4.96 Å². The summed E-state index contributed by atoms with van der Waals surface area (Å²) >= 11 is 2.58. The monoisotopic (exact) mass is 399 g/mol. The van der Waals surface area contributed by atoms with E-state index >= 15 is 0 Å². The number of carbonyl (C=O) groups excluding carboxylic acids is 1. The van der Waals surface area contributed by atoms with E-state index in [1.54, 1.807) is 18.7 Å². The molecular formula is C17H13N5O3S2. The van der Waals surface area contributed by atoms with Gasteiger partial charge in [-0.2, -0.15) is 0 Å². The first-order valence-corrected chi connectivity index (χ1v) is 9.55. The second-order valence-corrected chi connectivity index (χ2v) is 7.45. The number of benzene rings is 1. The van der Waals surface area contributed by atoms with E-state index in [0.717, 1.165) is 16.3 Å². The van der Waals surface area contributed by atoms with Crippen LogP contribution in [-0.2, 0) is 6.42 Å². The number of anilines is 1. The lowest BCUT2D eigenvalue weighted by molar-refractivity contribution is 0.102. The van der Waals surface area contributed by atoms with Gasteiger partial charge in [-0.1, -0.05) is 23.5 Å². The summed E-state index contributed by atoms with van der Waals surface area (Å²) < 4.78 is 6.48. The number of aromatic nitrogens is 4. The topological polar surface area (TPSA) is 98.5 Å². The summed E-state index contributed by atoms with van der Waals surface area (Å²) in [6.07, 6.45) is 3.45. The van der Waals surface area contributed by atoms with Crippen LogP contribution >= 0.6 is 22.7 Å². The molecule has 0 saturated heterocycles. The highest BCUT2D eigenvalue weighted by atomic mass is 32.1. The molecule has 0 saturated carbocycles. The molecule has 27 heavy (non-hydrogen) atoms. The van der Waals surface area contributed by atoms with E-state index in [2.05, 4.69) is 20.5 Å². The fourth-order valence-electron chi connectivity index (χ4n) is 2.44. The van der Waals surface area contributed by atoms with Crippen molar-refractivity contribution in [3.8, 4) is 5.75 Å². The highest BCUT2D eigenvalue weighted by Crippen LogP contribution is 2.20. The predicted octanol–water partition coefficient (Wildman–Crippen LogP) is 2.46. The van der Waals surface area contributed by atoms with Crippen LogP contribution in [0.15, 0.2) is 46.8 Å². The Morgan fingerprint density at radius 1 is 1.26 bits per heavy atom. The zero-order valence-corrected chi connectivity index (χ0v) is 15.7. The molecule has 0 aliphatic heterocycles. The number of hydrogen-bond acceptors (Lipinski definition) is 8. The number of fused-ring (bicyclic) bond motifs is 1. The highest BCUT2D eigenvalue weighted by Gasteiger charge is 2.16. The summed E-state index contributed by atoms with van der Waals surface area (Å²) in [4.78, 5) is 29.4. The smallest absolute Gasteiger partial charge is 0.271 e. The van der Waals surface area contributed by atoms with Crippen molar-refractivity contribution in [1.82, 2.24) is 19.6 Å². The minimum atomic E-state index is -0.555. The van der Waals surface area contributed by atoms with Crippen LogP contribution in [0.3, 0.4) is 0 Å². The van der Waals surface area contributed by atoms with E-state index in [1.165, 1.54) is 33.3 Å². The largest absolute Gasteiger partial charge is 0.497 e. The number of rotatable bonds is 5. The molecule has 0 radical (unpaired) electrons. The molecule has 0 unspecified atom stereocenters. The van der Waals surface area contributed by atoms with E-state index in [-0.39, 0.29) is 5.56 Å². The minimum absolute atomic E-state index is 0.0437.